The quantitative estimate of drug-likeness (QED) is 0.132. The molecular formula is C22H16Cl2N8O3. The van der Waals surface area contributed by atoms with Gasteiger partial charge in [-0.05, 0) is 36.4 Å². The first-order valence-electron chi connectivity index (χ1n) is 9.94. The van der Waals surface area contributed by atoms with Gasteiger partial charge in [-0.3, -0.25) is 10.1 Å². The van der Waals surface area contributed by atoms with Crippen LogP contribution in [0.3, 0.4) is 0 Å². The summed E-state index contributed by atoms with van der Waals surface area (Å²) in [7, 11) is 0. The Balaban J connectivity index is 1.60. The number of hydrazone groups is 1. The van der Waals surface area contributed by atoms with Gasteiger partial charge in [-0.2, -0.15) is 20.1 Å². The van der Waals surface area contributed by atoms with Crippen molar-refractivity contribution < 1.29 is 10.0 Å². The van der Waals surface area contributed by atoms with Gasteiger partial charge in [0.15, 0.2) is 0 Å². The van der Waals surface area contributed by atoms with Crippen LogP contribution in [0.15, 0.2) is 71.8 Å². The second kappa shape index (κ2) is 10.6. The van der Waals surface area contributed by atoms with E-state index in [2.05, 4.69) is 36.1 Å². The molecule has 0 bridgehead atoms. The molecule has 4 rings (SSSR count). The number of para-hydroxylation sites is 1. The predicted octanol–water partition coefficient (Wildman–Crippen LogP) is 5.73. The third-order valence-electron chi connectivity index (χ3n) is 4.43. The highest BCUT2D eigenvalue weighted by Gasteiger charge is 2.10. The van der Waals surface area contributed by atoms with Crippen molar-refractivity contribution in [1.82, 2.24) is 15.0 Å². The standard InChI is InChI=1S/C22H16Cl2N8O3/c23-14-10-13(19(33)18(24)11-14)12-25-31-22-29-20(26-15-4-2-1-3-5-15)28-21(30-22)27-16-6-8-17(9-7-16)32(34)35/h1-12,33H,(H3,26,27,28,29,30,31)/b25-12-. The number of aromatic hydroxyl groups is 1. The average molecular weight is 511 g/mol. The number of hydrogen-bond donors (Lipinski definition) is 4. The van der Waals surface area contributed by atoms with Gasteiger partial charge >= 0.3 is 0 Å². The molecule has 1 aromatic heterocycles. The van der Waals surface area contributed by atoms with Gasteiger partial charge in [-0.15, -0.1) is 0 Å². The summed E-state index contributed by atoms with van der Waals surface area (Å²) in [6, 6.07) is 17.9. The van der Waals surface area contributed by atoms with Gasteiger partial charge in [-0.1, -0.05) is 41.4 Å². The summed E-state index contributed by atoms with van der Waals surface area (Å²) in [6.07, 6.45) is 1.31. The molecule has 0 radical (unpaired) electrons. The fourth-order valence-corrected chi connectivity index (χ4v) is 3.34. The number of nitro benzene ring substituents is 1. The Morgan fingerprint density at radius 3 is 2.11 bits per heavy atom. The van der Waals surface area contributed by atoms with E-state index in [-0.39, 0.29) is 39.9 Å². The number of nitro groups is 1. The molecule has 3 aromatic carbocycles. The van der Waals surface area contributed by atoms with E-state index in [9.17, 15) is 15.2 Å². The summed E-state index contributed by atoms with van der Waals surface area (Å²) >= 11 is 11.9. The molecule has 11 nitrogen and oxygen atoms in total. The molecule has 4 N–H and O–H groups in total. The highest BCUT2D eigenvalue weighted by Crippen LogP contribution is 2.30. The summed E-state index contributed by atoms with van der Waals surface area (Å²) in [6.45, 7) is 0. The van der Waals surface area contributed by atoms with Crippen LogP contribution in [0.1, 0.15) is 5.56 Å². The molecule has 0 amide bonds. The second-order valence-electron chi connectivity index (χ2n) is 6.92. The van der Waals surface area contributed by atoms with Crippen molar-refractivity contribution in [2.75, 3.05) is 16.1 Å². The van der Waals surface area contributed by atoms with Crippen molar-refractivity contribution in [3.8, 4) is 5.75 Å². The van der Waals surface area contributed by atoms with E-state index in [1.54, 1.807) is 0 Å². The first kappa shape index (κ1) is 23.7. The lowest BCUT2D eigenvalue weighted by Gasteiger charge is -2.10. The smallest absolute Gasteiger partial charge is 0.269 e. The van der Waals surface area contributed by atoms with Gasteiger partial charge in [0.05, 0.1) is 16.2 Å². The number of benzene rings is 3. The Labute approximate surface area is 208 Å². The zero-order chi connectivity index (χ0) is 24.8. The third-order valence-corrected chi connectivity index (χ3v) is 4.93. The van der Waals surface area contributed by atoms with Gasteiger partial charge in [0, 0.05) is 34.1 Å². The van der Waals surface area contributed by atoms with Crippen molar-refractivity contribution >= 4 is 64.3 Å². The molecule has 0 aliphatic rings. The fraction of sp³-hybridized carbons (Fsp3) is 0. The fourth-order valence-electron chi connectivity index (χ4n) is 2.83. The molecular weight excluding hydrogens is 495 g/mol. The van der Waals surface area contributed by atoms with Gasteiger partial charge in [0.25, 0.3) is 5.69 Å². The van der Waals surface area contributed by atoms with Crippen LogP contribution in [0.5, 0.6) is 5.75 Å². The highest BCUT2D eigenvalue weighted by atomic mass is 35.5. The Kier molecular flexibility index (Phi) is 7.19. The maximum absolute atomic E-state index is 10.9. The molecule has 13 heteroatoms. The molecule has 0 aliphatic carbocycles. The molecule has 0 saturated carbocycles. The molecule has 176 valence electrons. The molecule has 0 atom stereocenters. The minimum atomic E-state index is -0.487. The maximum Gasteiger partial charge on any atom is 0.269 e. The first-order chi connectivity index (χ1) is 16.9. The number of rotatable bonds is 8. The van der Waals surface area contributed by atoms with Crippen LogP contribution in [0.2, 0.25) is 10.0 Å². The number of phenolic OH excluding ortho intramolecular Hbond substituents is 1. The Bertz CT molecular complexity index is 1390. The van der Waals surface area contributed by atoms with E-state index in [0.29, 0.717) is 10.7 Å². The van der Waals surface area contributed by atoms with E-state index in [0.717, 1.165) is 5.69 Å². The molecule has 0 spiro atoms. The van der Waals surface area contributed by atoms with E-state index in [1.165, 1.54) is 42.6 Å². The van der Waals surface area contributed by atoms with Gasteiger partial charge < -0.3 is 15.7 Å². The summed E-state index contributed by atoms with van der Waals surface area (Å²) in [4.78, 5) is 23.3. The number of non-ortho nitro benzene ring substituents is 1. The Morgan fingerprint density at radius 1 is 0.886 bits per heavy atom. The van der Waals surface area contributed by atoms with Crippen molar-refractivity contribution in [2.45, 2.75) is 0 Å². The topological polar surface area (TPSA) is 150 Å². The number of nitrogens with one attached hydrogen (secondary N) is 3. The van der Waals surface area contributed by atoms with Crippen LogP contribution < -0.4 is 16.1 Å². The number of aromatic nitrogens is 3. The third kappa shape index (κ3) is 6.31. The summed E-state index contributed by atoms with van der Waals surface area (Å²) in [5.74, 6) is 0.261. The van der Waals surface area contributed by atoms with Crippen molar-refractivity contribution in [3.63, 3.8) is 0 Å². The highest BCUT2D eigenvalue weighted by molar-refractivity contribution is 6.36. The Morgan fingerprint density at radius 2 is 1.49 bits per heavy atom. The van der Waals surface area contributed by atoms with E-state index in [4.69, 9.17) is 23.2 Å². The second-order valence-corrected chi connectivity index (χ2v) is 7.77. The predicted molar refractivity (Wildman–Crippen MR) is 135 cm³/mol. The lowest BCUT2D eigenvalue weighted by Crippen LogP contribution is -2.07. The maximum atomic E-state index is 10.9. The number of nitrogens with zero attached hydrogens (tertiary/aromatic N) is 5. The molecule has 0 unspecified atom stereocenters. The van der Waals surface area contributed by atoms with Crippen LogP contribution in [0, 0.1) is 10.1 Å². The monoisotopic (exact) mass is 510 g/mol. The van der Waals surface area contributed by atoms with E-state index >= 15 is 0 Å². The lowest BCUT2D eigenvalue weighted by molar-refractivity contribution is -0.384. The summed E-state index contributed by atoms with van der Waals surface area (Å²) < 4.78 is 0. The summed E-state index contributed by atoms with van der Waals surface area (Å²) in [5, 5.41) is 31.5. The average Bonchev–Trinajstić information content (AvgIpc) is 2.83. The van der Waals surface area contributed by atoms with Crippen molar-refractivity contribution in [2.24, 2.45) is 5.10 Å². The van der Waals surface area contributed by atoms with Gasteiger partial charge in [0.1, 0.15) is 5.75 Å². The number of halogens is 2. The zero-order valence-electron chi connectivity index (χ0n) is 17.7. The summed E-state index contributed by atoms with van der Waals surface area (Å²) in [5.41, 5.74) is 4.19. The molecule has 4 aromatic rings. The van der Waals surface area contributed by atoms with Gasteiger partial charge in [0.2, 0.25) is 17.8 Å². The SMILES string of the molecule is O=[N+]([O-])c1ccc(Nc2nc(N/N=C\c3cc(Cl)cc(Cl)c3O)nc(Nc3ccccc3)n2)cc1. The molecule has 1 heterocycles. The number of phenols is 1. The van der Waals surface area contributed by atoms with E-state index in [1.807, 2.05) is 30.3 Å². The van der Waals surface area contributed by atoms with Crippen LogP contribution in [0.4, 0.5) is 34.9 Å². The van der Waals surface area contributed by atoms with Crippen molar-refractivity contribution in [3.05, 3.63) is 92.5 Å². The lowest BCUT2D eigenvalue weighted by atomic mass is 10.2. The van der Waals surface area contributed by atoms with Crippen LogP contribution in [0.25, 0.3) is 0 Å². The van der Waals surface area contributed by atoms with E-state index < -0.39 is 4.92 Å². The minimum Gasteiger partial charge on any atom is -0.506 e. The largest absolute Gasteiger partial charge is 0.506 e. The molecule has 35 heavy (non-hydrogen) atoms. The molecule has 0 fully saturated rings. The molecule has 0 aliphatic heterocycles. The number of hydrogen-bond acceptors (Lipinski definition) is 10. The number of anilines is 5. The van der Waals surface area contributed by atoms with Crippen LogP contribution in [-0.4, -0.2) is 31.2 Å². The van der Waals surface area contributed by atoms with Crippen molar-refractivity contribution in [1.29, 1.82) is 0 Å². The first-order valence-corrected chi connectivity index (χ1v) is 10.7. The van der Waals surface area contributed by atoms with Crippen LogP contribution >= 0.6 is 23.2 Å². The molecule has 0 saturated heterocycles. The van der Waals surface area contributed by atoms with Gasteiger partial charge in [-0.25, -0.2) is 5.43 Å². The Hall–Kier alpha value is -4.48. The van der Waals surface area contributed by atoms with Crippen LogP contribution in [-0.2, 0) is 0 Å². The zero-order valence-corrected chi connectivity index (χ0v) is 19.2. The normalized spacial score (nSPS) is 10.8. The minimum absolute atomic E-state index is 0.0429.